The number of hydrogen-bond acceptors (Lipinski definition) is 16. The summed E-state index contributed by atoms with van der Waals surface area (Å²) in [7, 11) is 2.21. The monoisotopic (exact) mass is 1880 g/mol. The molecule has 0 saturated carbocycles. The summed E-state index contributed by atoms with van der Waals surface area (Å²) in [5, 5.41) is 4.57. The number of hydrogen-bond donors (Lipinski definition) is 0. The van der Waals surface area contributed by atoms with Gasteiger partial charge in [-0.25, -0.2) is 23.7 Å². The van der Waals surface area contributed by atoms with E-state index in [4.69, 9.17) is 19.4 Å². The summed E-state index contributed by atoms with van der Waals surface area (Å²) in [6.45, 7) is 28.3. The first kappa shape index (κ1) is 95.7. The lowest BCUT2D eigenvalue weighted by Gasteiger charge is -2.32. The maximum absolute atomic E-state index is 13.8. The highest BCUT2D eigenvalue weighted by atomic mass is 19.1. The van der Waals surface area contributed by atoms with E-state index in [1.807, 2.05) is 117 Å². The Morgan fingerprint density at radius 1 is 0.261 bits per heavy atom. The molecule has 0 aliphatic carbocycles. The van der Waals surface area contributed by atoms with Crippen molar-refractivity contribution in [2.75, 3.05) is 105 Å². The van der Waals surface area contributed by atoms with Crippen LogP contribution in [0.25, 0.3) is 167 Å². The van der Waals surface area contributed by atoms with Crippen LogP contribution < -0.4 is 0 Å². The van der Waals surface area contributed by atoms with Gasteiger partial charge in [-0.15, -0.1) is 0 Å². The van der Waals surface area contributed by atoms with Gasteiger partial charge in [0.2, 0.25) is 0 Å². The molecule has 3 saturated heterocycles. The lowest BCUT2D eigenvalue weighted by molar-refractivity contribution is 0.0369. The fraction of sp³-hybridized carbons (Fsp3) is 0.223. The number of ether oxygens (including phenoxy) is 2. The van der Waals surface area contributed by atoms with E-state index in [1.54, 1.807) is 44.6 Å². The first-order chi connectivity index (χ1) is 69.7. The van der Waals surface area contributed by atoms with E-state index < -0.39 is 0 Å². The van der Waals surface area contributed by atoms with Crippen molar-refractivity contribution in [2.24, 2.45) is 0 Å². The smallest absolute Gasteiger partial charge is 0.126 e. The number of piperazine rings is 1. The molecular formula is C121H117F2N17O2. The largest absolute Gasteiger partial charge is 0.379 e. The SMILES string of the molecule is Cc1cc(-c2ncccc2-c2ccc3cnccc3c2)ccc1F.Cc1cc(-c2ncccc2-c2ccc3ncn(CCCN4CCOCC4)c3c2)ccc1F.Cc1cccc(-c2ncccc2-c2ccc3cnccc3c2)c1.Cc1cccc(-c2ncccc2-c2ccc3ncn(CCCN4CCN(C)CC4)c3c2)c1.Cc1cccc(-c2ncccc2-c2ccc3ncn(CCCN4CCOCC4)c3c2)c1. The van der Waals surface area contributed by atoms with Gasteiger partial charge in [0.15, 0.2) is 0 Å². The van der Waals surface area contributed by atoms with Crippen LogP contribution in [0.2, 0.25) is 0 Å². The van der Waals surface area contributed by atoms with Gasteiger partial charge in [-0.2, -0.15) is 0 Å². The van der Waals surface area contributed by atoms with E-state index in [-0.39, 0.29) is 11.6 Å². The zero-order valence-corrected chi connectivity index (χ0v) is 81.4. The van der Waals surface area contributed by atoms with Crippen molar-refractivity contribution < 1.29 is 18.3 Å². The normalized spacial score (nSPS) is 13.7. The molecule has 10 aromatic carbocycles. The minimum Gasteiger partial charge on any atom is -0.379 e. The van der Waals surface area contributed by atoms with Crippen LogP contribution in [0.4, 0.5) is 8.78 Å². The van der Waals surface area contributed by atoms with Crippen LogP contribution in [0.3, 0.4) is 0 Å². The Balaban J connectivity index is 0.000000113. The lowest BCUT2D eigenvalue weighted by atomic mass is 9.97. The van der Waals surface area contributed by atoms with Gasteiger partial charge in [0.1, 0.15) is 11.6 Å². The molecule has 0 bridgehead atoms. The molecule has 0 unspecified atom stereocenters. The van der Waals surface area contributed by atoms with Gasteiger partial charge in [0, 0.05) is 207 Å². The Bertz CT molecular complexity index is 7750. The second-order valence-corrected chi connectivity index (χ2v) is 36.9. The predicted molar refractivity (Wildman–Crippen MR) is 572 cm³/mol. The topological polar surface area (TPSA) is 175 Å². The molecule has 0 N–H and O–H groups in total. The average molecular weight is 1880 g/mol. The Morgan fingerprint density at radius 3 is 0.887 bits per heavy atom. The summed E-state index contributed by atoms with van der Waals surface area (Å²) < 4.78 is 45.1. The number of imidazole rings is 3. The quantitative estimate of drug-likeness (QED) is 0.0626. The first-order valence-electron chi connectivity index (χ1n) is 49.2. The highest BCUT2D eigenvalue weighted by Crippen LogP contribution is 2.40. The van der Waals surface area contributed by atoms with Crippen LogP contribution in [0.1, 0.15) is 47.1 Å². The van der Waals surface area contributed by atoms with E-state index >= 15 is 0 Å². The van der Waals surface area contributed by atoms with Crippen molar-refractivity contribution in [1.29, 1.82) is 0 Å². The minimum atomic E-state index is -0.200. The van der Waals surface area contributed by atoms with Gasteiger partial charge in [-0.05, 0) is 263 Å². The van der Waals surface area contributed by atoms with Crippen LogP contribution in [0, 0.1) is 46.3 Å². The summed E-state index contributed by atoms with van der Waals surface area (Å²) in [6.07, 6.45) is 25.7. The summed E-state index contributed by atoms with van der Waals surface area (Å²) in [4.78, 5) is 55.4. The summed E-state index contributed by atoms with van der Waals surface area (Å²) in [5.74, 6) is -0.400. The summed E-state index contributed by atoms with van der Waals surface area (Å²) in [6, 6.07) is 92.5. The van der Waals surface area contributed by atoms with E-state index in [1.165, 1.54) is 88.1 Å². The number of fused-ring (bicyclic) bond motifs is 5. The van der Waals surface area contributed by atoms with Gasteiger partial charge in [0.25, 0.3) is 0 Å². The first-order valence-corrected chi connectivity index (χ1v) is 49.2. The molecule has 3 fully saturated rings. The van der Waals surface area contributed by atoms with Crippen LogP contribution in [-0.2, 0) is 29.1 Å². The fourth-order valence-electron chi connectivity index (χ4n) is 19.1. The van der Waals surface area contributed by atoms with Gasteiger partial charge >= 0.3 is 0 Å². The van der Waals surface area contributed by atoms with E-state index in [0.717, 1.165) is 245 Å². The Hall–Kier alpha value is -15.2. The predicted octanol–water partition coefficient (Wildman–Crippen LogP) is 25.1. The summed E-state index contributed by atoms with van der Waals surface area (Å²) >= 11 is 0. The Labute approximate surface area is 829 Å². The molecule has 0 atom stereocenters. The Kier molecular flexibility index (Phi) is 30.9. The number of rotatable bonds is 22. The lowest BCUT2D eigenvalue weighted by Crippen LogP contribution is -2.44. The van der Waals surface area contributed by atoms with Crippen LogP contribution >= 0.6 is 0 Å². The molecule has 21 heteroatoms. The number of benzene rings is 10. The molecule has 13 heterocycles. The van der Waals surface area contributed by atoms with Gasteiger partial charge in [-0.3, -0.25) is 44.7 Å². The molecule has 19 nitrogen and oxygen atoms in total. The number of nitrogens with zero attached hydrogens (tertiary/aromatic N) is 17. The number of morpholine rings is 2. The van der Waals surface area contributed by atoms with Gasteiger partial charge in [-0.1, -0.05) is 144 Å². The summed E-state index contributed by atoms with van der Waals surface area (Å²) in [5.41, 5.74) is 32.8. The molecule has 0 amide bonds. The third-order valence-electron chi connectivity index (χ3n) is 26.9. The number of aryl methyl sites for hydroxylation is 8. The van der Waals surface area contributed by atoms with E-state index in [2.05, 4.69) is 289 Å². The molecule has 3 aliphatic heterocycles. The molecule has 0 spiro atoms. The van der Waals surface area contributed by atoms with Crippen molar-refractivity contribution in [3.05, 3.63) is 387 Å². The van der Waals surface area contributed by atoms with Crippen molar-refractivity contribution in [2.45, 2.75) is 73.5 Å². The van der Waals surface area contributed by atoms with Crippen LogP contribution in [-0.4, -0.2) is 189 Å². The minimum absolute atomic E-state index is 0.200. The average Bonchev–Trinajstić information content (AvgIpc) is 1.60. The zero-order chi connectivity index (χ0) is 97.0. The fourth-order valence-corrected chi connectivity index (χ4v) is 19.1. The molecule has 10 aromatic heterocycles. The molecule has 3 aliphatic rings. The van der Waals surface area contributed by atoms with Crippen molar-refractivity contribution in [3.63, 3.8) is 0 Å². The number of aromatic nitrogens is 13. The van der Waals surface area contributed by atoms with E-state index in [9.17, 15) is 8.78 Å². The highest BCUT2D eigenvalue weighted by molar-refractivity contribution is 5.94. The third-order valence-corrected chi connectivity index (χ3v) is 26.9. The second-order valence-electron chi connectivity index (χ2n) is 36.9. The molecule has 23 rings (SSSR count). The van der Waals surface area contributed by atoms with Gasteiger partial charge < -0.3 is 33.0 Å². The molecule has 712 valence electrons. The van der Waals surface area contributed by atoms with Gasteiger partial charge in [0.05, 0.1) is 107 Å². The maximum Gasteiger partial charge on any atom is 0.126 e. The zero-order valence-electron chi connectivity index (χ0n) is 81.4. The second kappa shape index (κ2) is 45.8. The Morgan fingerprint density at radius 2 is 0.563 bits per heavy atom. The van der Waals surface area contributed by atoms with Crippen molar-refractivity contribution in [3.8, 4) is 112 Å². The van der Waals surface area contributed by atoms with Crippen LogP contribution in [0.5, 0.6) is 0 Å². The third kappa shape index (κ3) is 23.4. The van der Waals surface area contributed by atoms with Crippen molar-refractivity contribution >= 4 is 54.6 Å². The molecular weight excluding hydrogens is 1760 g/mol. The molecule has 20 aromatic rings. The standard InChI is InChI=1S/C27H31N5.C26H27FN4O.C26H28N4O.C21H15FN2.C21H16N2/c1-21-6-3-7-23(18-21)27-24(8-4-11-28-27)22-9-10-25-26(19-22)32(20-29-25)13-5-12-31-16-14-30(2)15-17-31;1-19-16-21(5-7-23(19)27)26-22(4-2-9-28-26)20-6-8-24-25(17-20)31(18-29-24)11-3-10-30-12-14-32-15-13-30;1-20-5-2-6-22(17-20)26-23(7-3-10-27-26)21-8-9-24-25(18-21)30(19-28-24)12-4-11-29-13-15-31-16-14-29;1-14-11-17(6-7-20(14)22)21-19(3-2-9-24-21)16-4-5-18-13-23-10-8-15(18)12-16;1-15-4-2-5-18(12-15)21-20(6-3-10-23-21)17-7-8-19-14-22-11-9-16(19)13-17/h3-4,6-11,18-20H,5,12-17H2,1-2H3;2,4-9,16-18H,3,10-15H2,1H3;2-3,5-10,17-19H,4,11-16H2,1H3;2-13H,1H3;2-14H,1H3. The van der Waals surface area contributed by atoms with E-state index in [0.29, 0.717) is 11.1 Å². The van der Waals surface area contributed by atoms with Crippen LogP contribution in [0.15, 0.2) is 348 Å². The highest BCUT2D eigenvalue weighted by Gasteiger charge is 2.22. The number of halogens is 2. The maximum atomic E-state index is 13.8. The van der Waals surface area contributed by atoms with Crippen molar-refractivity contribution in [1.82, 2.24) is 83.1 Å². The number of likely N-dealkylation sites (N-methyl/N-ethyl adjacent to an activating group) is 1. The molecule has 0 radical (unpaired) electrons. The number of pyridine rings is 7. The molecule has 142 heavy (non-hydrogen) atoms.